The van der Waals surface area contributed by atoms with Gasteiger partial charge in [0.05, 0.1) is 0 Å². The lowest BCUT2D eigenvalue weighted by Gasteiger charge is -2.18. The van der Waals surface area contributed by atoms with E-state index in [9.17, 15) is 4.79 Å². The van der Waals surface area contributed by atoms with Crippen LogP contribution in [0.1, 0.15) is 68.3 Å². The molecule has 1 aliphatic rings. The van der Waals surface area contributed by atoms with Gasteiger partial charge < -0.3 is 5.32 Å². The first-order valence-corrected chi connectivity index (χ1v) is 9.32. The van der Waals surface area contributed by atoms with Crippen LogP contribution < -0.4 is 5.32 Å². The number of carbonyl (C=O) groups excluding carboxylic acids is 1. The van der Waals surface area contributed by atoms with E-state index in [0.717, 1.165) is 44.1 Å². The van der Waals surface area contributed by atoms with Crippen molar-refractivity contribution in [1.29, 1.82) is 0 Å². The zero-order chi connectivity index (χ0) is 16.5. The van der Waals surface area contributed by atoms with Crippen LogP contribution >= 0.6 is 0 Å². The van der Waals surface area contributed by atoms with Gasteiger partial charge in [-0.15, -0.1) is 0 Å². The number of hydrogen-bond acceptors (Lipinski definition) is 2. The number of rotatable bonds is 9. The van der Waals surface area contributed by atoms with E-state index in [2.05, 4.69) is 36.2 Å². The Balaban J connectivity index is 1.71. The second kappa shape index (κ2) is 9.71. The molecule has 0 unspecified atom stereocenters. The summed E-state index contributed by atoms with van der Waals surface area (Å²) in [5.41, 5.74) is 2.04. The van der Waals surface area contributed by atoms with Gasteiger partial charge in [0.2, 0.25) is 0 Å². The second-order valence-corrected chi connectivity index (χ2v) is 6.71. The first-order chi connectivity index (χ1) is 11.2. The molecule has 0 heterocycles. The monoisotopic (exact) mass is 316 g/mol. The maximum atomic E-state index is 12.2. The summed E-state index contributed by atoms with van der Waals surface area (Å²) in [7, 11) is 0. The normalized spacial score (nSPS) is 15.3. The average Bonchev–Trinajstić information content (AvgIpc) is 3.10. The molecule has 1 aromatic rings. The Kier molecular flexibility index (Phi) is 7.60. The summed E-state index contributed by atoms with van der Waals surface area (Å²) in [6.45, 7) is 8.22. The highest BCUT2D eigenvalue weighted by Gasteiger charge is 2.14. The molecular formula is C20H32N2O. The minimum atomic E-state index is 0.0609. The van der Waals surface area contributed by atoms with Crippen molar-refractivity contribution in [3.8, 4) is 0 Å². The lowest BCUT2D eigenvalue weighted by molar-refractivity contribution is 0.0952. The summed E-state index contributed by atoms with van der Waals surface area (Å²) in [6.07, 6.45) is 7.96. The highest BCUT2D eigenvalue weighted by molar-refractivity contribution is 5.94. The van der Waals surface area contributed by atoms with E-state index in [1.807, 2.05) is 12.1 Å². The fourth-order valence-corrected chi connectivity index (χ4v) is 3.46. The van der Waals surface area contributed by atoms with E-state index in [0.29, 0.717) is 0 Å². The maximum Gasteiger partial charge on any atom is 0.251 e. The topological polar surface area (TPSA) is 32.3 Å². The van der Waals surface area contributed by atoms with Crippen LogP contribution in [0.15, 0.2) is 24.3 Å². The minimum Gasteiger partial charge on any atom is -0.352 e. The van der Waals surface area contributed by atoms with Gasteiger partial charge in [-0.05, 0) is 49.5 Å². The molecule has 1 aliphatic carbocycles. The fraction of sp³-hybridized carbons (Fsp3) is 0.650. The van der Waals surface area contributed by atoms with Gasteiger partial charge in [-0.2, -0.15) is 0 Å². The van der Waals surface area contributed by atoms with Crippen molar-refractivity contribution in [3.63, 3.8) is 0 Å². The van der Waals surface area contributed by atoms with Crippen molar-refractivity contribution >= 4 is 5.91 Å². The number of carbonyl (C=O) groups is 1. The molecule has 1 N–H and O–H groups in total. The molecule has 0 aromatic heterocycles. The molecule has 23 heavy (non-hydrogen) atoms. The van der Waals surface area contributed by atoms with Gasteiger partial charge in [0.1, 0.15) is 0 Å². The molecule has 0 radical (unpaired) electrons. The Morgan fingerprint density at radius 1 is 1.13 bits per heavy atom. The van der Waals surface area contributed by atoms with Crippen LogP contribution in [0.2, 0.25) is 0 Å². The summed E-state index contributed by atoms with van der Waals surface area (Å²) in [6, 6.07) is 8.05. The zero-order valence-corrected chi connectivity index (χ0v) is 14.8. The van der Waals surface area contributed by atoms with Crippen LogP contribution in [0, 0.1) is 5.92 Å². The van der Waals surface area contributed by atoms with E-state index in [1.54, 1.807) is 0 Å². The van der Waals surface area contributed by atoms with Crippen LogP contribution in [-0.2, 0) is 6.54 Å². The molecule has 0 atom stereocenters. The van der Waals surface area contributed by atoms with E-state index >= 15 is 0 Å². The third kappa shape index (κ3) is 5.98. The molecule has 0 bridgehead atoms. The second-order valence-electron chi connectivity index (χ2n) is 6.71. The standard InChI is InChI=1S/C20H32N2O/c1-3-22(4-2)16-18-11-13-19(14-12-18)20(23)21-15-7-10-17-8-5-6-9-17/h11-14,17H,3-10,15-16H2,1-2H3,(H,21,23). The van der Waals surface area contributed by atoms with E-state index in [4.69, 9.17) is 0 Å². The van der Waals surface area contributed by atoms with Crippen molar-refractivity contribution in [2.24, 2.45) is 5.92 Å². The number of amides is 1. The van der Waals surface area contributed by atoms with Gasteiger partial charge in [0.15, 0.2) is 0 Å². The molecule has 0 spiro atoms. The predicted octanol–water partition coefficient (Wildman–Crippen LogP) is 4.23. The van der Waals surface area contributed by atoms with Gasteiger partial charge in [-0.25, -0.2) is 0 Å². The zero-order valence-electron chi connectivity index (χ0n) is 14.8. The molecule has 1 saturated carbocycles. The van der Waals surface area contributed by atoms with E-state index in [-0.39, 0.29) is 5.91 Å². The van der Waals surface area contributed by atoms with Crippen molar-refractivity contribution in [2.75, 3.05) is 19.6 Å². The molecule has 3 nitrogen and oxygen atoms in total. The van der Waals surface area contributed by atoms with Gasteiger partial charge in [0, 0.05) is 18.7 Å². The summed E-state index contributed by atoms with van der Waals surface area (Å²) in [5.74, 6) is 0.970. The van der Waals surface area contributed by atoms with Crippen LogP contribution in [-0.4, -0.2) is 30.4 Å². The van der Waals surface area contributed by atoms with Crippen LogP contribution in [0.4, 0.5) is 0 Å². The number of nitrogens with one attached hydrogen (secondary N) is 1. The molecule has 1 amide bonds. The lowest BCUT2D eigenvalue weighted by Crippen LogP contribution is -2.25. The summed E-state index contributed by atoms with van der Waals surface area (Å²) >= 11 is 0. The van der Waals surface area contributed by atoms with Gasteiger partial charge in [-0.3, -0.25) is 9.69 Å². The largest absolute Gasteiger partial charge is 0.352 e. The van der Waals surface area contributed by atoms with Gasteiger partial charge in [-0.1, -0.05) is 51.7 Å². The maximum absolute atomic E-state index is 12.2. The molecule has 2 rings (SSSR count). The third-order valence-corrected chi connectivity index (χ3v) is 5.07. The fourth-order valence-electron chi connectivity index (χ4n) is 3.46. The smallest absolute Gasteiger partial charge is 0.251 e. The number of hydrogen-bond donors (Lipinski definition) is 1. The Bertz CT molecular complexity index is 459. The Morgan fingerprint density at radius 2 is 1.78 bits per heavy atom. The van der Waals surface area contributed by atoms with Crippen LogP contribution in [0.5, 0.6) is 0 Å². The Hall–Kier alpha value is -1.35. The predicted molar refractivity (Wildman–Crippen MR) is 96.6 cm³/mol. The number of benzene rings is 1. The molecule has 1 fully saturated rings. The molecule has 128 valence electrons. The third-order valence-electron chi connectivity index (χ3n) is 5.07. The Morgan fingerprint density at radius 3 is 2.39 bits per heavy atom. The SMILES string of the molecule is CCN(CC)Cc1ccc(C(=O)NCCCC2CCCC2)cc1. The molecular weight excluding hydrogens is 284 g/mol. The number of nitrogens with zero attached hydrogens (tertiary/aromatic N) is 1. The van der Waals surface area contributed by atoms with E-state index in [1.165, 1.54) is 37.7 Å². The first-order valence-electron chi connectivity index (χ1n) is 9.32. The lowest BCUT2D eigenvalue weighted by atomic mass is 10.0. The Labute approximate surface area is 141 Å². The summed E-state index contributed by atoms with van der Waals surface area (Å²) in [5, 5.41) is 3.06. The van der Waals surface area contributed by atoms with Gasteiger partial charge in [0.25, 0.3) is 5.91 Å². The molecule has 0 saturated heterocycles. The van der Waals surface area contributed by atoms with Gasteiger partial charge >= 0.3 is 0 Å². The summed E-state index contributed by atoms with van der Waals surface area (Å²) < 4.78 is 0. The molecule has 1 aromatic carbocycles. The molecule has 0 aliphatic heterocycles. The van der Waals surface area contributed by atoms with Crippen molar-refractivity contribution in [3.05, 3.63) is 35.4 Å². The van der Waals surface area contributed by atoms with E-state index < -0.39 is 0 Å². The average molecular weight is 316 g/mol. The highest BCUT2D eigenvalue weighted by atomic mass is 16.1. The van der Waals surface area contributed by atoms with Crippen molar-refractivity contribution in [2.45, 2.75) is 58.9 Å². The first kappa shape index (κ1) is 18.0. The molecule has 3 heteroatoms. The summed E-state index contributed by atoms with van der Waals surface area (Å²) in [4.78, 5) is 14.5. The van der Waals surface area contributed by atoms with Crippen molar-refractivity contribution in [1.82, 2.24) is 10.2 Å². The minimum absolute atomic E-state index is 0.0609. The van der Waals surface area contributed by atoms with Crippen LogP contribution in [0.25, 0.3) is 0 Å². The highest BCUT2D eigenvalue weighted by Crippen LogP contribution is 2.28. The van der Waals surface area contributed by atoms with Crippen molar-refractivity contribution < 1.29 is 4.79 Å². The van der Waals surface area contributed by atoms with Crippen LogP contribution in [0.3, 0.4) is 0 Å². The quantitative estimate of drug-likeness (QED) is 0.692.